The van der Waals surface area contributed by atoms with E-state index in [1.165, 1.54) is 0 Å². The van der Waals surface area contributed by atoms with Crippen molar-refractivity contribution in [3.8, 4) is 22.5 Å². The molecular formula is C33H33N5O2. The average Bonchev–Trinajstić information content (AvgIpc) is 3.05. The molecule has 2 aromatic carbocycles. The topological polar surface area (TPSA) is 69.6 Å². The van der Waals surface area contributed by atoms with E-state index in [4.69, 9.17) is 4.98 Å². The van der Waals surface area contributed by atoms with E-state index in [1.54, 1.807) is 18.5 Å². The normalized spacial score (nSPS) is 16.6. The molecule has 0 atom stereocenters. The van der Waals surface area contributed by atoms with Gasteiger partial charge in [0, 0.05) is 74.4 Å². The third-order valence-electron chi connectivity index (χ3n) is 7.99. The summed E-state index contributed by atoms with van der Waals surface area (Å²) in [6, 6.07) is 28.0. The number of benzene rings is 2. The van der Waals surface area contributed by atoms with E-state index in [0.717, 1.165) is 61.5 Å². The van der Waals surface area contributed by atoms with Crippen LogP contribution in [-0.4, -0.2) is 81.8 Å². The van der Waals surface area contributed by atoms with Crippen LogP contribution in [0.2, 0.25) is 0 Å². The molecule has 0 unspecified atom stereocenters. The molecule has 0 aliphatic carbocycles. The lowest BCUT2D eigenvalue weighted by Crippen LogP contribution is -2.54. The highest BCUT2D eigenvalue weighted by Gasteiger charge is 2.31. The number of piperazine rings is 1. The number of piperidine rings is 1. The zero-order valence-electron chi connectivity index (χ0n) is 22.5. The highest BCUT2D eigenvalue weighted by molar-refractivity contribution is 5.96. The number of carbonyl (C=O) groups is 2. The van der Waals surface area contributed by atoms with Crippen molar-refractivity contribution < 1.29 is 9.59 Å². The number of hydrogen-bond donors (Lipinski definition) is 0. The van der Waals surface area contributed by atoms with Gasteiger partial charge in [0.25, 0.3) is 11.8 Å². The molecule has 2 saturated heterocycles. The molecular weight excluding hydrogens is 498 g/mol. The van der Waals surface area contributed by atoms with Crippen molar-refractivity contribution >= 4 is 11.8 Å². The van der Waals surface area contributed by atoms with Crippen molar-refractivity contribution in [1.29, 1.82) is 0 Å². The summed E-state index contributed by atoms with van der Waals surface area (Å²) in [5.41, 5.74) is 4.91. The predicted molar refractivity (Wildman–Crippen MR) is 156 cm³/mol. The molecule has 0 radical (unpaired) electrons. The minimum absolute atomic E-state index is 0.0494. The zero-order valence-corrected chi connectivity index (χ0v) is 22.5. The quantitative estimate of drug-likeness (QED) is 0.367. The van der Waals surface area contributed by atoms with Gasteiger partial charge in [-0.05, 0) is 37.1 Å². The van der Waals surface area contributed by atoms with Crippen LogP contribution in [0.1, 0.15) is 33.6 Å². The SMILES string of the molecule is O=C(c1cccnc1)N1CCC(N2CCN(C(=O)c3cc(-c4ccccc4)nc(-c4ccccc4)c3)CC2)CC1. The van der Waals surface area contributed by atoms with Gasteiger partial charge in [-0.2, -0.15) is 0 Å². The molecule has 202 valence electrons. The van der Waals surface area contributed by atoms with Crippen molar-refractivity contribution in [2.24, 2.45) is 0 Å². The lowest BCUT2D eigenvalue weighted by Gasteiger charge is -2.42. The maximum Gasteiger partial charge on any atom is 0.255 e. The number of aromatic nitrogens is 2. The number of rotatable bonds is 5. The van der Waals surface area contributed by atoms with Crippen LogP contribution in [0.4, 0.5) is 0 Å². The molecule has 0 saturated carbocycles. The molecule has 2 aromatic heterocycles. The lowest BCUT2D eigenvalue weighted by molar-refractivity contribution is 0.0412. The number of carbonyl (C=O) groups excluding carboxylic acids is 2. The molecule has 2 amide bonds. The van der Waals surface area contributed by atoms with Crippen LogP contribution in [0.25, 0.3) is 22.5 Å². The largest absolute Gasteiger partial charge is 0.338 e. The molecule has 40 heavy (non-hydrogen) atoms. The minimum Gasteiger partial charge on any atom is -0.338 e. The van der Waals surface area contributed by atoms with E-state index in [1.807, 2.05) is 88.7 Å². The van der Waals surface area contributed by atoms with E-state index in [9.17, 15) is 9.59 Å². The number of likely N-dealkylation sites (tertiary alicyclic amines) is 1. The second-order valence-electron chi connectivity index (χ2n) is 10.5. The summed E-state index contributed by atoms with van der Waals surface area (Å²) in [5.74, 6) is 0.109. The first-order valence-corrected chi connectivity index (χ1v) is 14.0. The fraction of sp³-hybridized carbons (Fsp3) is 0.273. The molecule has 7 nitrogen and oxygen atoms in total. The number of hydrogen-bond acceptors (Lipinski definition) is 5. The van der Waals surface area contributed by atoms with Crippen LogP contribution in [-0.2, 0) is 0 Å². The Bertz CT molecular complexity index is 1390. The summed E-state index contributed by atoms with van der Waals surface area (Å²) in [7, 11) is 0. The van der Waals surface area contributed by atoms with Gasteiger partial charge < -0.3 is 9.80 Å². The lowest BCUT2D eigenvalue weighted by atomic mass is 10.0. The third-order valence-corrected chi connectivity index (χ3v) is 7.99. The first-order valence-electron chi connectivity index (χ1n) is 14.0. The van der Waals surface area contributed by atoms with Crippen LogP contribution in [0.15, 0.2) is 97.3 Å². The van der Waals surface area contributed by atoms with Crippen LogP contribution in [0.3, 0.4) is 0 Å². The van der Waals surface area contributed by atoms with Gasteiger partial charge in [-0.25, -0.2) is 4.98 Å². The Hall–Kier alpha value is -4.36. The molecule has 4 heterocycles. The first-order chi connectivity index (χ1) is 19.7. The van der Waals surface area contributed by atoms with Crippen LogP contribution >= 0.6 is 0 Å². The Kier molecular flexibility index (Phi) is 7.64. The molecule has 2 fully saturated rings. The van der Waals surface area contributed by atoms with Crippen LogP contribution < -0.4 is 0 Å². The van der Waals surface area contributed by atoms with Gasteiger partial charge >= 0.3 is 0 Å². The molecule has 0 N–H and O–H groups in total. The Morgan fingerprint density at radius 3 is 1.73 bits per heavy atom. The molecule has 6 rings (SSSR count). The molecule has 2 aliphatic heterocycles. The van der Waals surface area contributed by atoms with E-state index in [0.29, 0.717) is 30.3 Å². The van der Waals surface area contributed by atoms with E-state index in [2.05, 4.69) is 9.88 Å². The van der Waals surface area contributed by atoms with E-state index >= 15 is 0 Å². The fourth-order valence-electron chi connectivity index (χ4n) is 5.75. The maximum atomic E-state index is 13.7. The highest BCUT2D eigenvalue weighted by atomic mass is 16.2. The van der Waals surface area contributed by atoms with Crippen LogP contribution in [0, 0.1) is 0 Å². The third kappa shape index (κ3) is 5.65. The monoisotopic (exact) mass is 531 g/mol. The van der Waals surface area contributed by atoms with Crippen molar-refractivity contribution in [3.63, 3.8) is 0 Å². The number of pyridine rings is 2. The summed E-state index contributed by atoms with van der Waals surface area (Å²) >= 11 is 0. The highest BCUT2D eigenvalue weighted by Crippen LogP contribution is 2.26. The van der Waals surface area contributed by atoms with Crippen molar-refractivity contribution in [3.05, 3.63) is 108 Å². The molecule has 7 heteroatoms. The van der Waals surface area contributed by atoms with Gasteiger partial charge in [0.15, 0.2) is 0 Å². The summed E-state index contributed by atoms with van der Waals surface area (Å²) in [6.45, 7) is 4.57. The average molecular weight is 532 g/mol. The Balaban J connectivity index is 1.11. The Labute approximate surface area is 235 Å². The minimum atomic E-state index is 0.0494. The molecule has 2 aliphatic rings. The summed E-state index contributed by atoms with van der Waals surface area (Å²) in [4.78, 5) is 41.9. The van der Waals surface area contributed by atoms with Gasteiger partial charge in [0.1, 0.15) is 0 Å². The Morgan fingerprint density at radius 2 is 1.18 bits per heavy atom. The Morgan fingerprint density at radius 1 is 0.625 bits per heavy atom. The van der Waals surface area contributed by atoms with Gasteiger partial charge in [-0.15, -0.1) is 0 Å². The standard InChI is InChI=1S/C33H33N5O2/c39-32(27-12-7-15-34-24-27)37-16-13-29(14-17-37)36-18-20-38(21-19-36)33(40)28-22-30(25-8-3-1-4-9-25)35-31(23-28)26-10-5-2-6-11-26/h1-12,15,22-24,29H,13-14,16-21H2. The zero-order chi connectivity index (χ0) is 27.3. The maximum absolute atomic E-state index is 13.7. The fourth-order valence-corrected chi connectivity index (χ4v) is 5.75. The molecule has 4 aromatic rings. The van der Waals surface area contributed by atoms with Crippen LogP contribution in [0.5, 0.6) is 0 Å². The second-order valence-corrected chi connectivity index (χ2v) is 10.5. The van der Waals surface area contributed by atoms with Gasteiger partial charge in [0.2, 0.25) is 0 Å². The van der Waals surface area contributed by atoms with Gasteiger partial charge in [0.05, 0.1) is 17.0 Å². The number of amides is 2. The molecule has 0 bridgehead atoms. The second kappa shape index (κ2) is 11.8. The van der Waals surface area contributed by atoms with Gasteiger partial charge in [-0.3, -0.25) is 19.5 Å². The van der Waals surface area contributed by atoms with Crippen molar-refractivity contribution in [2.45, 2.75) is 18.9 Å². The summed E-state index contributed by atoms with van der Waals surface area (Å²) in [5, 5.41) is 0. The van der Waals surface area contributed by atoms with Gasteiger partial charge in [-0.1, -0.05) is 60.7 Å². The predicted octanol–water partition coefficient (Wildman–Crippen LogP) is 4.87. The van der Waals surface area contributed by atoms with Crippen molar-refractivity contribution in [2.75, 3.05) is 39.3 Å². The molecule has 0 spiro atoms. The first kappa shape index (κ1) is 25.9. The van der Waals surface area contributed by atoms with E-state index in [-0.39, 0.29) is 11.8 Å². The number of nitrogens with zero attached hydrogens (tertiary/aromatic N) is 5. The summed E-state index contributed by atoms with van der Waals surface area (Å²) < 4.78 is 0. The summed E-state index contributed by atoms with van der Waals surface area (Å²) in [6.07, 6.45) is 5.22. The van der Waals surface area contributed by atoms with E-state index < -0.39 is 0 Å². The smallest absolute Gasteiger partial charge is 0.255 e. The van der Waals surface area contributed by atoms with Crippen molar-refractivity contribution in [1.82, 2.24) is 24.7 Å².